The number of ether oxygens (including phenoxy) is 4. The highest BCUT2D eigenvalue weighted by molar-refractivity contribution is 5.91. The van der Waals surface area contributed by atoms with Crippen LogP contribution in [0.2, 0.25) is 0 Å². The third-order valence-electron chi connectivity index (χ3n) is 6.90. The van der Waals surface area contributed by atoms with E-state index in [1.54, 1.807) is 24.3 Å². The zero-order chi connectivity index (χ0) is 26.1. The van der Waals surface area contributed by atoms with Crippen molar-refractivity contribution in [2.24, 2.45) is 5.92 Å². The van der Waals surface area contributed by atoms with Gasteiger partial charge in [-0.2, -0.15) is 0 Å². The van der Waals surface area contributed by atoms with Crippen LogP contribution in [0.25, 0.3) is 0 Å². The van der Waals surface area contributed by atoms with Crippen LogP contribution in [0.5, 0.6) is 11.5 Å². The molecule has 2 aromatic carbocycles. The van der Waals surface area contributed by atoms with Gasteiger partial charge >= 0.3 is 5.97 Å². The normalized spacial score (nSPS) is 17.5. The summed E-state index contributed by atoms with van der Waals surface area (Å²) in [7, 11) is 0. The van der Waals surface area contributed by atoms with Crippen molar-refractivity contribution < 1.29 is 23.7 Å². The maximum absolute atomic E-state index is 12.6. The van der Waals surface area contributed by atoms with Crippen LogP contribution in [-0.4, -0.2) is 25.8 Å². The maximum Gasteiger partial charge on any atom is 0.343 e. The van der Waals surface area contributed by atoms with E-state index in [9.17, 15) is 4.79 Å². The van der Waals surface area contributed by atoms with Crippen molar-refractivity contribution >= 4 is 5.97 Å². The highest BCUT2D eigenvalue weighted by atomic mass is 16.7. The van der Waals surface area contributed by atoms with E-state index in [2.05, 4.69) is 13.8 Å². The van der Waals surface area contributed by atoms with E-state index >= 15 is 0 Å². The Morgan fingerprint density at radius 3 is 1.95 bits per heavy atom. The number of hydrogen-bond donors (Lipinski definition) is 0. The van der Waals surface area contributed by atoms with E-state index in [1.807, 2.05) is 24.3 Å². The molecule has 5 nitrogen and oxygen atoms in total. The molecule has 0 N–H and O–H groups in total. The molecule has 0 unspecified atom stereocenters. The van der Waals surface area contributed by atoms with Crippen LogP contribution in [0.15, 0.2) is 48.5 Å². The molecule has 1 saturated heterocycles. The van der Waals surface area contributed by atoms with Crippen molar-refractivity contribution in [2.45, 2.75) is 97.2 Å². The quantitative estimate of drug-likeness (QED) is 0.121. The average Bonchev–Trinajstić information content (AvgIpc) is 2.93. The van der Waals surface area contributed by atoms with Crippen molar-refractivity contribution in [3.63, 3.8) is 0 Å². The fourth-order valence-corrected chi connectivity index (χ4v) is 4.56. The monoisotopic (exact) mass is 510 g/mol. The number of benzene rings is 2. The lowest BCUT2D eigenvalue weighted by Gasteiger charge is -2.29. The summed E-state index contributed by atoms with van der Waals surface area (Å²) in [5.41, 5.74) is 1.43. The predicted octanol–water partition coefficient (Wildman–Crippen LogP) is 8.67. The number of carbonyl (C=O) groups excluding carboxylic acids is 1. The summed E-state index contributed by atoms with van der Waals surface area (Å²) >= 11 is 0. The second-order valence-electron chi connectivity index (χ2n) is 10.2. The van der Waals surface area contributed by atoms with Crippen LogP contribution in [0, 0.1) is 5.92 Å². The van der Waals surface area contributed by atoms with Crippen LogP contribution in [0.1, 0.15) is 113 Å². The van der Waals surface area contributed by atoms with E-state index in [0.29, 0.717) is 23.8 Å². The summed E-state index contributed by atoms with van der Waals surface area (Å²) < 4.78 is 23.3. The smallest absolute Gasteiger partial charge is 0.343 e. The van der Waals surface area contributed by atoms with Crippen molar-refractivity contribution in [3.05, 3.63) is 59.7 Å². The Labute approximate surface area is 223 Å². The van der Waals surface area contributed by atoms with Crippen LogP contribution in [0.3, 0.4) is 0 Å². The molecule has 2 aromatic rings. The standard InChI is InChI=1S/C32H46O5/c1-3-5-7-9-11-13-23-34-29-19-15-27(16-20-29)31(33)37-30-21-17-28(18-22-30)32-35-24-26(25-36-32)14-12-10-8-6-4-2/h15-22,26,32H,3-14,23-25H2,1-2H3/t26-,32-. The van der Waals surface area contributed by atoms with E-state index in [4.69, 9.17) is 18.9 Å². The van der Waals surface area contributed by atoms with E-state index in [-0.39, 0.29) is 12.3 Å². The number of unbranched alkanes of at least 4 members (excludes halogenated alkanes) is 9. The number of esters is 1. The second kappa shape index (κ2) is 17.2. The minimum atomic E-state index is -0.387. The molecule has 0 aliphatic carbocycles. The summed E-state index contributed by atoms with van der Waals surface area (Å²) in [6, 6.07) is 14.5. The summed E-state index contributed by atoms with van der Waals surface area (Å²) in [6.45, 7) is 6.63. The first kappa shape index (κ1) is 29.2. The molecule has 1 heterocycles. The zero-order valence-electron chi connectivity index (χ0n) is 22.9. The molecule has 0 aromatic heterocycles. The molecule has 1 aliphatic rings. The highest BCUT2D eigenvalue weighted by Crippen LogP contribution is 2.29. The third-order valence-corrected chi connectivity index (χ3v) is 6.90. The Hall–Kier alpha value is -2.37. The minimum absolute atomic E-state index is 0.357. The minimum Gasteiger partial charge on any atom is -0.494 e. The Bertz CT molecular complexity index is 869. The highest BCUT2D eigenvalue weighted by Gasteiger charge is 2.23. The lowest BCUT2D eigenvalue weighted by atomic mass is 10.0. The van der Waals surface area contributed by atoms with Gasteiger partial charge in [-0.1, -0.05) is 90.2 Å². The summed E-state index contributed by atoms with van der Waals surface area (Å²) in [5.74, 6) is 1.37. The van der Waals surface area contributed by atoms with Gasteiger partial charge in [0.25, 0.3) is 0 Å². The molecule has 0 bridgehead atoms. The second-order valence-corrected chi connectivity index (χ2v) is 10.2. The first-order valence-corrected chi connectivity index (χ1v) is 14.5. The largest absolute Gasteiger partial charge is 0.494 e. The fourth-order valence-electron chi connectivity index (χ4n) is 4.56. The Kier molecular flexibility index (Phi) is 13.6. The van der Waals surface area contributed by atoms with Crippen molar-refractivity contribution in [2.75, 3.05) is 19.8 Å². The molecule has 1 fully saturated rings. The van der Waals surface area contributed by atoms with E-state index in [0.717, 1.165) is 37.4 Å². The number of rotatable bonds is 17. The molecular weight excluding hydrogens is 464 g/mol. The molecule has 5 heteroatoms. The molecule has 0 spiro atoms. The molecule has 1 aliphatic heterocycles. The zero-order valence-corrected chi connectivity index (χ0v) is 22.9. The van der Waals surface area contributed by atoms with E-state index in [1.165, 1.54) is 64.2 Å². The van der Waals surface area contributed by atoms with E-state index < -0.39 is 0 Å². The van der Waals surface area contributed by atoms with Gasteiger partial charge in [0.15, 0.2) is 6.29 Å². The lowest BCUT2D eigenvalue weighted by Crippen LogP contribution is -2.27. The van der Waals surface area contributed by atoms with Crippen LogP contribution >= 0.6 is 0 Å². The van der Waals surface area contributed by atoms with Crippen LogP contribution < -0.4 is 9.47 Å². The summed E-state index contributed by atoms with van der Waals surface area (Å²) in [4.78, 5) is 12.6. The molecule has 0 atom stereocenters. The molecule has 0 saturated carbocycles. The Morgan fingerprint density at radius 1 is 0.730 bits per heavy atom. The van der Waals surface area contributed by atoms with Crippen LogP contribution in [-0.2, 0) is 9.47 Å². The number of carbonyl (C=O) groups is 1. The lowest BCUT2D eigenvalue weighted by molar-refractivity contribution is -0.206. The third kappa shape index (κ3) is 10.9. The molecule has 204 valence electrons. The van der Waals surface area contributed by atoms with Gasteiger partial charge in [-0.05, 0) is 49.2 Å². The maximum atomic E-state index is 12.6. The fraction of sp³-hybridized carbons (Fsp3) is 0.594. The average molecular weight is 511 g/mol. The summed E-state index contributed by atoms with van der Waals surface area (Å²) in [5, 5.41) is 0. The molecule has 0 radical (unpaired) electrons. The SMILES string of the molecule is CCCCCCCCOc1ccc(C(=O)Oc2ccc([C@H]3OC[C@H](CCCCCCC)CO3)cc2)cc1. The predicted molar refractivity (Wildman–Crippen MR) is 148 cm³/mol. The van der Waals surface area contributed by atoms with Gasteiger partial charge in [-0.3, -0.25) is 0 Å². The molecule has 37 heavy (non-hydrogen) atoms. The first-order valence-electron chi connectivity index (χ1n) is 14.5. The molecule has 0 amide bonds. The summed E-state index contributed by atoms with van der Waals surface area (Å²) in [6.07, 6.45) is 14.7. The van der Waals surface area contributed by atoms with Crippen molar-refractivity contribution in [3.8, 4) is 11.5 Å². The van der Waals surface area contributed by atoms with Gasteiger partial charge in [-0.15, -0.1) is 0 Å². The van der Waals surface area contributed by atoms with Crippen molar-refractivity contribution in [1.29, 1.82) is 0 Å². The number of hydrogen-bond acceptors (Lipinski definition) is 5. The van der Waals surface area contributed by atoms with Gasteiger partial charge in [0.2, 0.25) is 0 Å². The van der Waals surface area contributed by atoms with Crippen molar-refractivity contribution in [1.82, 2.24) is 0 Å². The first-order chi connectivity index (χ1) is 18.2. The van der Waals surface area contributed by atoms with Gasteiger partial charge < -0.3 is 18.9 Å². The molecule has 3 rings (SSSR count). The Balaban J connectivity index is 1.35. The molecular formula is C32H46O5. The van der Waals surface area contributed by atoms with Gasteiger partial charge in [0.1, 0.15) is 11.5 Å². The van der Waals surface area contributed by atoms with Gasteiger partial charge in [0.05, 0.1) is 25.4 Å². The van der Waals surface area contributed by atoms with Crippen LogP contribution in [0.4, 0.5) is 0 Å². The Morgan fingerprint density at radius 2 is 1.30 bits per heavy atom. The van der Waals surface area contributed by atoms with Gasteiger partial charge in [-0.25, -0.2) is 4.79 Å². The topological polar surface area (TPSA) is 54.0 Å². The van der Waals surface area contributed by atoms with Gasteiger partial charge in [0, 0.05) is 11.5 Å².